The summed E-state index contributed by atoms with van der Waals surface area (Å²) in [5.74, 6) is -0.708. The van der Waals surface area contributed by atoms with Gasteiger partial charge in [0.15, 0.2) is 0 Å². The maximum Gasteiger partial charge on any atom is 0.255 e. The van der Waals surface area contributed by atoms with Crippen LogP contribution in [-0.4, -0.2) is 54.8 Å². The van der Waals surface area contributed by atoms with Gasteiger partial charge in [-0.25, -0.2) is 0 Å². The molecule has 1 aromatic rings. The summed E-state index contributed by atoms with van der Waals surface area (Å²) < 4.78 is 5.19. The lowest BCUT2D eigenvalue weighted by Gasteiger charge is -2.25. The summed E-state index contributed by atoms with van der Waals surface area (Å²) >= 11 is 0. The molecule has 0 fully saturated rings. The fourth-order valence-electron chi connectivity index (χ4n) is 2.92. The average Bonchev–Trinajstić information content (AvgIpc) is 2.98. The van der Waals surface area contributed by atoms with E-state index in [0.29, 0.717) is 17.9 Å². The van der Waals surface area contributed by atoms with E-state index < -0.39 is 6.04 Å². The van der Waals surface area contributed by atoms with Crippen molar-refractivity contribution in [3.8, 4) is 0 Å². The molecule has 2 unspecified atom stereocenters. The summed E-state index contributed by atoms with van der Waals surface area (Å²) in [6.07, 6.45) is 1.48. The second-order valence-corrected chi connectivity index (χ2v) is 6.91. The molecule has 0 spiro atoms. The van der Waals surface area contributed by atoms with E-state index in [1.807, 2.05) is 6.92 Å². The number of benzene rings is 1. The Kier molecular flexibility index (Phi) is 7.88. The van der Waals surface area contributed by atoms with Crippen LogP contribution in [0.5, 0.6) is 0 Å². The van der Waals surface area contributed by atoms with Crippen LogP contribution in [0.3, 0.4) is 0 Å². The standard InChI is InChI=1S/C18H24N3O5P/c1-3-26-27-11-16(23)20-13-6-7-14-12(9-13)10-21(18(14)25)15(5-4-8-22)17(24)19-2/h6-9,15,27H,3-5,10-11H2,1-2H3,(H,19,24)(H,20,23). The zero-order valence-corrected chi connectivity index (χ0v) is 16.4. The highest BCUT2D eigenvalue weighted by molar-refractivity contribution is 7.33. The summed E-state index contributed by atoms with van der Waals surface area (Å²) in [7, 11) is 1.61. The van der Waals surface area contributed by atoms with E-state index in [1.165, 1.54) is 11.9 Å². The van der Waals surface area contributed by atoms with Gasteiger partial charge in [0.05, 0.1) is 6.16 Å². The van der Waals surface area contributed by atoms with Crippen molar-refractivity contribution < 1.29 is 23.7 Å². The fraction of sp³-hybridized carbons (Fsp3) is 0.444. The monoisotopic (exact) mass is 393 g/mol. The van der Waals surface area contributed by atoms with Crippen molar-refractivity contribution in [3.63, 3.8) is 0 Å². The highest BCUT2D eigenvalue weighted by atomic mass is 31.1. The van der Waals surface area contributed by atoms with Gasteiger partial charge in [-0.3, -0.25) is 14.4 Å². The van der Waals surface area contributed by atoms with Gasteiger partial charge in [0.2, 0.25) is 11.8 Å². The number of rotatable bonds is 10. The molecule has 8 nitrogen and oxygen atoms in total. The molecule has 0 aliphatic carbocycles. The van der Waals surface area contributed by atoms with Gasteiger partial charge in [-0.2, -0.15) is 0 Å². The Balaban J connectivity index is 2.10. The predicted octanol–water partition coefficient (Wildman–Crippen LogP) is 1.30. The molecule has 1 aliphatic heterocycles. The number of fused-ring (bicyclic) bond motifs is 1. The minimum absolute atomic E-state index is 0.109. The smallest absolute Gasteiger partial charge is 0.255 e. The molecule has 3 amide bonds. The second kappa shape index (κ2) is 10.1. The molecular weight excluding hydrogens is 369 g/mol. The summed E-state index contributed by atoms with van der Waals surface area (Å²) in [5.41, 5.74) is 1.84. The molecule has 0 bridgehead atoms. The van der Waals surface area contributed by atoms with Crippen molar-refractivity contribution in [2.75, 3.05) is 25.1 Å². The zero-order valence-electron chi connectivity index (χ0n) is 15.4. The highest BCUT2D eigenvalue weighted by Crippen LogP contribution is 2.28. The number of hydrogen-bond donors (Lipinski definition) is 2. The summed E-state index contributed by atoms with van der Waals surface area (Å²) in [6, 6.07) is 4.36. The molecule has 0 radical (unpaired) electrons. The second-order valence-electron chi connectivity index (χ2n) is 5.98. The molecule has 2 N–H and O–H groups in total. The predicted molar refractivity (Wildman–Crippen MR) is 103 cm³/mol. The van der Waals surface area contributed by atoms with Crippen molar-refractivity contribution in [3.05, 3.63) is 29.3 Å². The first-order valence-corrected chi connectivity index (χ1v) is 9.87. The van der Waals surface area contributed by atoms with Crippen LogP contribution in [0.25, 0.3) is 0 Å². The third-order valence-electron chi connectivity index (χ3n) is 4.18. The highest BCUT2D eigenvalue weighted by Gasteiger charge is 2.35. The maximum absolute atomic E-state index is 12.7. The Bertz CT molecular complexity index is 725. The molecule has 0 saturated heterocycles. The van der Waals surface area contributed by atoms with E-state index in [1.54, 1.807) is 18.2 Å². The molecule has 9 heteroatoms. The number of carbonyl (C=O) groups is 4. The summed E-state index contributed by atoms with van der Waals surface area (Å²) in [4.78, 5) is 48.9. The average molecular weight is 393 g/mol. The Morgan fingerprint density at radius 2 is 2.19 bits per heavy atom. The maximum atomic E-state index is 12.7. The van der Waals surface area contributed by atoms with Crippen molar-refractivity contribution in [2.24, 2.45) is 0 Å². The van der Waals surface area contributed by atoms with Crippen LogP contribution in [0.15, 0.2) is 18.2 Å². The minimum Gasteiger partial charge on any atom is -0.362 e. The van der Waals surface area contributed by atoms with Gasteiger partial charge in [-0.1, -0.05) is 0 Å². The molecular formula is C18H24N3O5P. The first kappa shape index (κ1) is 21.0. The van der Waals surface area contributed by atoms with Crippen molar-refractivity contribution >= 4 is 38.5 Å². The van der Waals surface area contributed by atoms with Gasteiger partial charge in [-0.05, 0) is 37.1 Å². The summed E-state index contributed by atoms with van der Waals surface area (Å²) in [5, 5.41) is 5.33. The Morgan fingerprint density at radius 3 is 2.85 bits per heavy atom. The normalized spacial score (nSPS) is 14.3. The number of likely N-dealkylation sites (N-methyl/N-ethyl adjacent to an activating group) is 1. The van der Waals surface area contributed by atoms with Crippen LogP contribution in [-0.2, 0) is 25.5 Å². The van der Waals surface area contributed by atoms with Crippen molar-refractivity contribution in [2.45, 2.75) is 32.4 Å². The van der Waals surface area contributed by atoms with Gasteiger partial charge in [-0.15, -0.1) is 0 Å². The lowest BCUT2D eigenvalue weighted by molar-refractivity contribution is -0.125. The SMILES string of the molecule is CCOPCC(=O)Nc1ccc2c(c1)CN(C(CCC=O)C(=O)NC)C2=O. The number of aldehydes is 1. The van der Waals surface area contributed by atoms with Crippen LogP contribution < -0.4 is 10.6 Å². The quantitative estimate of drug-likeness (QED) is 0.354. The van der Waals surface area contributed by atoms with E-state index in [9.17, 15) is 19.2 Å². The van der Waals surface area contributed by atoms with Crippen LogP contribution in [0.4, 0.5) is 5.69 Å². The molecule has 2 atom stereocenters. The molecule has 27 heavy (non-hydrogen) atoms. The molecule has 2 rings (SSSR count). The molecule has 0 aromatic heterocycles. The van der Waals surface area contributed by atoms with E-state index >= 15 is 0 Å². The number of hydrogen-bond acceptors (Lipinski definition) is 5. The lowest BCUT2D eigenvalue weighted by atomic mass is 10.1. The molecule has 146 valence electrons. The number of anilines is 1. The van der Waals surface area contributed by atoms with Crippen LogP contribution in [0.1, 0.15) is 35.7 Å². The van der Waals surface area contributed by atoms with Crippen LogP contribution in [0.2, 0.25) is 0 Å². The third kappa shape index (κ3) is 5.34. The molecule has 1 aromatic carbocycles. The van der Waals surface area contributed by atoms with Crippen LogP contribution >= 0.6 is 8.81 Å². The number of amides is 3. The fourth-order valence-corrected chi connectivity index (χ4v) is 3.44. The number of carbonyl (C=O) groups excluding carboxylic acids is 4. The van der Waals surface area contributed by atoms with Gasteiger partial charge in [0.25, 0.3) is 5.91 Å². The van der Waals surface area contributed by atoms with E-state index in [-0.39, 0.29) is 52.1 Å². The van der Waals surface area contributed by atoms with E-state index in [2.05, 4.69) is 10.6 Å². The molecule has 0 saturated carbocycles. The lowest BCUT2D eigenvalue weighted by Crippen LogP contribution is -2.46. The Hall–Kier alpha value is -2.31. The van der Waals surface area contributed by atoms with Gasteiger partial charge >= 0.3 is 0 Å². The molecule has 1 heterocycles. The van der Waals surface area contributed by atoms with Gasteiger partial charge in [0.1, 0.15) is 12.3 Å². The minimum atomic E-state index is -0.703. The van der Waals surface area contributed by atoms with Crippen molar-refractivity contribution in [1.29, 1.82) is 0 Å². The Labute approximate surface area is 159 Å². The van der Waals surface area contributed by atoms with E-state index in [0.717, 1.165) is 11.8 Å². The largest absolute Gasteiger partial charge is 0.362 e. The number of nitrogens with zero attached hydrogens (tertiary/aromatic N) is 1. The van der Waals surface area contributed by atoms with Gasteiger partial charge in [0, 0.05) is 46.7 Å². The molecule has 1 aliphatic rings. The van der Waals surface area contributed by atoms with Gasteiger partial charge < -0.3 is 24.9 Å². The van der Waals surface area contributed by atoms with E-state index in [4.69, 9.17) is 4.52 Å². The third-order valence-corrected chi connectivity index (χ3v) is 5.14. The van der Waals surface area contributed by atoms with Crippen molar-refractivity contribution in [1.82, 2.24) is 10.2 Å². The topological polar surface area (TPSA) is 105 Å². The Morgan fingerprint density at radius 1 is 1.41 bits per heavy atom. The van der Waals surface area contributed by atoms with Crippen LogP contribution in [0, 0.1) is 0 Å². The zero-order chi connectivity index (χ0) is 19.8. The summed E-state index contributed by atoms with van der Waals surface area (Å²) in [6.45, 7) is 2.70. The first-order chi connectivity index (χ1) is 13.0. The number of nitrogens with one attached hydrogen (secondary N) is 2. The first-order valence-electron chi connectivity index (χ1n) is 8.75.